The van der Waals surface area contributed by atoms with Crippen LogP contribution < -0.4 is 10.2 Å². The van der Waals surface area contributed by atoms with Crippen LogP contribution in [0.4, 0.5) is 11.4 Å². The lowest BCUT2D eigenvalue weighted by atomic mass is 9.93. The number of hydrogen-bond acceptors (Lipinski definition) is 2. The average Bonchev–Trinajstić information content (AvgIpc) is 2.39. The molecule has 3 rings (SSSR count). The summed E-state index contributed by atoms with van der Waals surface area (Å²) in [5.41, 5.74) is 2.68. The van der Waals surface area contributed by atoms with E-state index in [9.17, 15) is 0 Å². The van der Waals surface area contributed by atoms with Crippen molar-refractivity contribution in [3.05, 3.63) is 30.3 Å². The minimum Gasteiger partial charge on any atom is -0.382 e. The molecule has 16 heavy (non-hydrogen) atoms. The van der Waals surface area contributed by atoms with Crippen molar-refractivity contribution < 1.29 is 0 Å². The highest BCUT2D eigenvalue weighted by atomic mass is 15.2. The van der Waals surface area contributed by atoms with Crippen LogP contribution in [-0.4, -0.2) is 13.1 Å². The van der Waals surface area contributed by atoms with Gasteiger partial charge >= 0.3 is 0 Å². The lowest BCUT2D eigenvalue weighted by Gasteiger charge is -2.39. The lowest BCUT2D eigenvalue weighted by Crippen LogP contribution is -2.37. The molecule has 1 N–H and O–H groups in total. The van der Waals surface area contributed by atoms with Crippen LogP contribution in [0.5, 0.6) is 0 Å². The van der Waals surface area contributed by atoms with E-state index in [0.29, 0.717) is 0 Å². The monoisotopic (exact) mass is 215 g/mol. The summed E-state index contributed by atoms with van der Waals surface area (Å²) in [5.74, 6) is 0. The van der Waals surface area contributed by atoms with Crippen LogP contribution in [0.15, 0.2) is 24.3 Å². The van der Waals surface area contributed by atoms with Gasteiger partial charge < -0.3 is 10.2 Å². The number of nitrogens with one attached hydrogen (secondary N) is 1. The molecule has 0 saturated heterocycles. The van der Waals surface area contributed by atoms with E-state index in [1.807, 2.05) is 0 Å². The van der Waals surface area contributed by atoms with Gasteiger partial charge in [-0.2, -0.15) is 0 Å². The van der Waals surface area contributed by atoms with Gasteiger partial charge in [0.1, 0.15) is 0 Å². The predicted molar refractivity (Wildman–Crippen MR) is 68.6 cm³/mol. The zero-order valence-corrected chi connectivity index (χ0v) is 9.71. The van der Waals surface area contributed by atoms with Crippen LogP contribution in [0.25, 0.3) is 0 Å². The molecule has 2 heteroatoms. The third-order valence-electron chi connectivity index (χ3n) is 3.66. The van der Waals surface area contributed by atoms with Gasteiger partial charge in [-0.1, -0.05) is 31.4 Å². The number of hydrogen-bond donors (Lipinski definition) is 1. The Morgan fingerprint density at radius 2 is 1.81 bits per heavy atom. The number of rotatable bonds is 1. The molecule has 1 saturated carbocycles. The molecule has 0 atom stereocenters. The fraction of sp³-hybridized carbons (Fsp3) is 0.500. The molecule has 1 aliphatic carbocycles. The van der Waals surface area contributed by atoms with Crippen molar-refractivity contribution in [3.63, 3.8) is 0 Å². The van der Waals surface area contributed by atoms with E-state index in [1.165, 1.54) is 43.5 Å². The SMILES string of the molecule is c1ccc2c(c1)NCCN2[C]1CCCCC1. The zero-order valence-electron chi connectivity index (χ0n) is 9.71. The first-order valence-corrected chi connectivity index (χ1v) is 6.40. The maximum Gasteiger partial charge on any atom is 0.0634 e. The van der Waals surface area contributed by atoms with E-state index in [1.54, 1.807) is 6.04 Å². The van der Waals surface area contributed by atoms with Crippen molar-refractivity contribution in [3.8, 4) is 0 Å². The van der Waals surface area contributed by atoms with Crippen LogP contribution in [0.2, 0.25) is 0 Å². The van der Waals surface area contributed by atoms with Crippen LogP contribution in [-0.2, 0) is 0 Å². The molecule has 1 aromatic carbocycles. The summed E-state index contributed by atoms with van der Waals surface area (Å²) in [5, 5.41) is 3.48. The summed E-state index contributed by atoms with van der Waals surface area (Å²) in [4.78, 5) is 2.55. The zero-order chi connectivity index (χ0) is 10.8. The topological polar surface area (TPSA) is 15.3 Å². The van der Waals surface area contributed by atoms with Gasteiger partial charge in [-0.15, -0.1) is 0 Å². The molecular weight excluding hydrogens is 196 g/mol. The van der Waals surface area contributed by atoms with Gasteiger partial charge in [-0.25, -0.2) is 0 Å². The lowest BCUT2D eigenvalue weighted by molar-refractivity contribution is 0.506. The van der Waals surface area contributed by atoms with E-state index in [0.717, 1.165) is 13.1 Å². The van der Waals surface area contributed by atoms with E-state index in [2.05, 4.69) is 34.5 Å². The smallest absolute Gasteiger partial charge is 0.0634 e. The molecule has 0 unspecified atom stereocenters. The summed E-state index contributed by atoms with van der Waals surface area (Å²) < 4.78 is 0. The molecule has 0 spiro atoms. The third kappa shape index (κ3) is 1.77. The minimum absolute atomic E-state index is 1.07. The van der Waals surface area contributed by atoms with Crippen LogP contribution in [0.1, 0.15) is 32.1 Å². The Balaban J connectivity index is 1.86. The van der Waals surface area contributed by atoms with Crippen molar-refractivity contribution in [1.29, 1.82) is 0 Å². The van der Waals surface area contributed by atoms with Gasteiger partial charge in [-0.3, -0.25) is 0 Å². The fourth-order valence-electron chi connectivity index (χ4n) is 2.84. The highest BCUT2D eigenvalue weighted by Gasteiger charge is 2.25. The largest absolute Gasteiger partial charge is 0.382 e. The average molecular weight is 215 g/mol. The van der Waals surface area contributed by atoms with E-state index < -0.39 is 0 Å². The van der Waals surface area contributed by atoms with Gasteiger partial charge in [0.05, 0.1) is 17.4 Å². The Morgan fingerprint density at radius 3 is 2.69 bits per heavy atom. The second-order valence-electron chi connectivity index (χ2n) is 4.72. The van der Waals surface area contributed by atoms with Crippen LogP contribution in [0.3, 0.4) is 0 Å². The maximum atomic E-state index is 3.48. The van der Waals surface area contributed by atoms with E-state index in [-0.39, 0.29) is 0 Å². The second-order valence-corrected chi connectivity index (χ2v) is 4.72. The van der Waals surface area contributed by atoms with Crippen molar-refractivity contribution in [2.45, 2.75) is 32.1 Å². The van der Waals surface area contributed by atoms with Crippen molar-refractivity contribution in [1.82, 2.24) is 0 Å². The molecule has 1 aromatic rings. The molecular formula is C14H19N2. The molecule has 1 radical (unpaired) electrons. The highest BCUT2D eigenvalue weighted by molar-refractivity contribution is 5.73. The maximum absolute atomic E-state index is 3.48. The predicted octanol–water partition coefficient (Wildman–Crippen LogP) is 3.41. The summed E-state index contributed by atoms with van der Waals surface area (Å²) in [7, 11) is 0. The molecule has 2 aliphatic rings. The van der Waals surface area contributed by atoms with E-state index >= 15 is 0 Å². The molecule has 1 heterocycles. The van der Waals surface area contributed by atoms with Gasteiger partial charge in [0.2, 0.25) is 0 Å². The van der Waals surface area contributed by atoms with Crippen molar-refractivity contribution >= 4 is 11.4 Å². The third-order valence-corrected chi connectivity index (χ3v) is 3.66. The van der Waals surface area contributed by atoms with E-state index in [4.69, 9.17) is 0 Å². The Kier molecular flexibility index (Phi) is 2.73. The van der Waals surface area contributed by atoms with Crippen LogP contribution in [0, 0.1) is 6.04 Å². The molecule has 0 amide bonds. The molecule has 85 valence electrons. The van der Waals surface area contributed by atoms with Gasteiger partial charge in [-0.05, 0) is 25.0 Å². The Hall–Kier alpha value is -1.18. The van der Waals surface area contributed by atoms with Gasteiger partial charge in [0, 0.05) is 13.1 Å². The standard InChI is InChI=1S/C14H19N2/c1-2-6-12(7-3-1)16-11-10-15-13-8-4-5-9-14(13)16/h4-5,8-9,15H,1-3,6-7,10-11H2. The Morgan fingerprint density at radius 1 is 1.00 bits per heavy atom. The highest BCUT2D eigenvalue weighted by Crippen LogP contribution is 2.37. The number of fused-ring (bicyclic) bond motifs is 1. The van der Waals surface area contributed by atoms with Crippen molar-refractivity contribution in [2.75, 3.05) is 23.3 Å². The number of anilines is 2. The molecule has 1 fully saturated rings. The molecule has 2 nitrogen and oxygen atoms in total. The van der Waals surface area contributed by atoms with Gasteiger partial charge in [0.15, 0.2) is 0 Å². The Bertz CT molecular complexity index is 356. The molecule has 1 aliphatic heterocycles. The summed E-state index contributed by atoms with van der Waals surface area (Å²) in [6.45, 7) is 2.20. The minimum atomic E-state index is 1.07. The molecule has 0 bridgehead atoms. The van der Waals surface area contributed by atoms with Crippen LogP contribution >= 0.6 is 0 Å². The normalized spacial score (nSPS) is 21.4. The first-order valence-electron chi connectivity index (χ1n) is 6.40. The summed E-state index contributed by atoms with van der Waals surface area (Å²) >= 11 is 0. The van der Waals surface area contributed by atoms with Gasteiger partial charge in [0.25, 0.3) is 0 Å². The quantitative estimate of drug-likeness (QED) is 0.772. The number of para-hydroxylation sites is 2. The second kappa shape index (κ2) is 4.36. The summed E-state index contributed by atoms with van der Waals surface area (Å²) in [6.07, 6.45) is 6.77. The number of benzene rings is 1. The first kappa shape index (κ1) is 10.0. The number of nitrogens with zero attached hydrogens (tertiary/aromatic N) is 1. The van der Waals surface area contributed by atoms with Crippen molar-refractivity contribution in [2.24, 2.45) is 0 Å². The first-order chi connectivity index (χ1) is 7.95. The summed E-state index contributed by atoms with van der Waals surface area (Å²) in [6, 6.07) is 10.3. The Labute approximate surface area is 97.6 Å². The fourth-order valence-corrected chi connectivity index (χ4v) is 2.84. The molecule has 0 aromatic heterocycles.